The van der Waals surface area contributed by atoms with Crippen LogP contribution in [0.25, 0.3) is 0 Å². The molecule has 1 aromatic rings. The summed E-state index contributed by atoms with van der Waals surface area (Å²) in [5, 5.41) is 0. The van der Waals surface area contributed by atoms with E-state index >= 15 is 0 Å². The number of halogens is 1. The second kappa shape index (κ2) is 5.98. The number of nitrogen functional groups attached to an aromatic ring is 1. The van der Waals surface area contributed by atoms with Crippen molar-refractivity contribution in [2.24, 2.45) is 11.7 Å². The third kappa shape index (κ3) is 3.33. The van der Waals surface area contributed by atoms with Gasteiger partial charge in [-0.2, -0.15) is 4.31 Å². The van der Waals surface area contributed by atoms with E-state index in [1.54, 1.807) is 0 Å². The molecule has 1 amide bonds. The number of anilines is 1. The molecule has 1 aromatic carbocycles. The highest BCUT2D eigenvalue weighted by Crippen LogP contribution is 2.29. The van der Waals surface area contributed by atoms with E-state index in [4.69, 9.17) is 11.5 Å². The van der Waals surface area contributed by atoms with Gasteiger partial charge in [0.2, 0.25) is 15.9 Å². The first-order chi connectivity index (χ1) is 9.82. The van der Waals surface area contributed by atoms with Crippen molar-refractivity contribution in [3.63, 3.8) is 0 Å². The predicted octanol–water partition coefficient (Wildman–Crippen LogP) is 0.684. The Hall–Kier alpha value is -1.67. The zero-order chi connectivity index (χ0) is 15.6. The molecule has 6 nitrogen and oxygen atoms in total. The number of sulfonamides is 1. The second-order valence-electron chi connectivity index (χ2n) is 5.18. The maximum absolute atomic E-state index is 13.8. The van der Waals surface area contributed by atoms with Crippen molar-refractivity contribution < 1.29 is 17.6 Å². The summed E-state index contributed by atoms with van der Waals surface area (Å²) in [6.45, 7) is 0.460. The fraction of sp³-hybridized carbons (Fsp3) is 0.462. The lowest BCUT2D eigenvalue weighted by atomic mass is 9.94. The number of hydrogen-bond donors (Lipinski definition) is 2. The molecule has 0 atom stereocenters. The summed E-state index contributed by atoms with van der Waals surface area (Å²) in [4.78, 5) is 10.4. The van der Waals surface area contributed by atoms with Crippen LogP contribution in [0.4, 0.5) is 10.1 Å². The number of benzene rings is 1. The predicted molar refractivity (Wildman–Crippen MR) is 76.1 cm³/mol. The second-order valence-corrected chi connectivity index (χ2v) is 7.05. The quantitative estimate of drug-likeness (QED) is 0.797. The van der Waals surface area contributed by atoms with Crippen molar-refractivity contribution in [3.05, 3.63) is 24.0 Å². The normalized spacial score (nSPS) is 17.8. The molecule has 1 heterocycles. The van der Waals surface area contributed by atoms with Crippen LogP contribution in [0, 0.1) is 11.7 Å². The molecule has 21 heavy (non-hydrogen) atoms. The number of nitrogens with zero attached hydrogens (tertiary/aromatic N) is 1. The molecule has 0 unspecified atom stereocenters. The van der Waals surface area contributed by atoms with E-state index in [1.807, 2.05) is 0 Å². The van der Waals surface area contributed by atoms with Crippen LogP contribution < -0.4 is 11.5 Å². The molecule has 0 radical (unpaired) electrons. The topological polar surface area (TPSA) is 106 Å². The summed E-state index contributed by atoms with van der Waals surface area (Å²) in [5.41, 5.74) is 10.6. The summed E-state index contributed by atoms with van der Waals surface area (Å²) in [7, 11) is -3.96. The fourth-order valence-electron chi connectivity index (χ4n) is 2.57. The molecule has 0 spiro atoms. The van der Waals surface area contributed by atoms with E-state index < -0.39 is 26.6 Å². The number of piperidine rings is 1. The van der Waals surface area contributed by atoms with E-state index in [1.165, 1.54) is 16.4 Å². The minimum atomic E-state index is -3.96. The Morgan fingerprint density at radius 2 is 1.95 bits per heavy atom. The highest BCUT2D eigenvalue weighted by Gasteiger charge is 2.33. The monoisotopic (exact) mass is 315 g/mol. The van der Waals surface area contributed by atoms with Gasteiger partial charge in [0.05, 0.1) is 5.69 Å². The standard InChI is InChI=1S/C13H18FN3O3S/c14-10-2-1-3-11(15)13(10)21(19,20)17-6-4-9(5-7-17)8-12(16)18/h1-3,9H,4-8,15H2,(H2,16,18). The Balaban J connectivity index is 2.17. The van der Waals surface area contributed by atoms with Crippen molar-refractivity contribution in [1.29, 1.82) is 0 Å². The first kappa shape index (κ1) is 15.7. The van der Waals surface area contributed by atoms with Crippen LogP contribution in [-0.4, -0.2) is 31.7 Å². The average Bonchev–Trinajstić information content (AvgIpc) is 2.38. The molecule has 2 rings (SSSR count). The molecule has 0 aromatic heterocycles. The zero-order valence-electron chi connectivity index (χ0n) is 11.5. The van der Waals surface area contributed by atoms with Gasteiger partial charge in [0.25, 0.3) is 0 Å². The summed E-state index contributed by atoms with van der Waals surface area (Å²) < 4.78 is 40.0. The van der Waals surface area contributed by atoms with Crippen LogP contribution in [0.2, 0.25) is 0 Å². The van der Waals surface area contributed by atoms with E-state index in [-0.39, 0.29) is 31.1 Å². The summed E-state index contributed by atoms with van der Waals surface area (Å²) in [6, 6.07) is 3.79. The third-order valence-electron chi connectivity index (χ3n) is 3.66. The largest absolute Gasteiger partial charge is 0.398 e. The highest BCUT2D eigenvalue weighted by molar-refractivity contribution is 7.89. The number of carbonyl (C=O) groups excluding carboxylic acids is 1. The number of hydrogen-bond acceptors (Lipinski definition) is 4. The van der Waals surface area contributed by atoms with Gasteiger partial charge in [0, 0.05) is 19.5 Å². The first-order valence-electron chi connectivity index (χ1n) is 6.65. The lowest BCUT2D eigenvalue weighted by Gasteiger charge is -2.31. The highest BCUT2D eigenvalue weighted by atomic mass is 32.2. The van der Waals surface area contributed by atoms with Crippen LogP contribution in [-0.2, 0) is 14.8 Å². The Kier molecular flexibility index (Phi) is 4.48. The SMILES string of the molecule is NC(=O)CC1CCN(S(=O)(=O)c2c(N)cccc2F)CC1. The number of amides is 1. The molecule has 1 aliphatic rings. The maximum atomic E-state index is 13.8. The number of nitrogens with two attached hydrogens (primary N) is 2. The van der Waals surface area contributed by atoms with Gasteiger partial charge in [-0.25, -0.2) is 12.8 Å². The Bertz CT molecular complexity index is 620. The first-order valence-corrected chi connectivity index (χ1v) is 8.09. The Morgan fingerprint density at radius 1 is 1.33 bits per heavy atom. The van der Waals surface area contributed by atoms with Crippen molar-refractivity contribution in [2.75, 3.05) is 18.8 Å². The van der Waals surface area contributed by atoms with Gasteiger partial charge in [0.1, 0.15) is 10.7 Å². The third-order valence-corrected chi connectivity index (χ3v) is 5.65. The molecule has 0 saturated carbocycles. The van der Waals surface area contributed by atoms with Crippen molar-refractivity contribution >= 4 is 21.6 Å². The minimum absolute atomic E-state index is 0.0758. The molecule has 1 saturated heterocycles. The Morgan fingerprint density at radius 3 is 2.48 bits per heavy atom. The lowest BCUT2D eigenvalue weighted by molar-refractivity contribution is -0.119. The number of primary amides is 1. The van der Waals surface area contributed by atoms with Gasteiger partial charge in [-0.15, -0.1) is 0 Å². The Labute approximate surface area is 123 Å². The molecule has 8 heteroatoms. The molecular formula is C13H18FN3O3S. The summed E-state index contributed by atoms with van der Waals surface area (Å²) >= 11 is 0. The molecule has 0 bridgehead atoms. The van der Waals surface area contributed by atoms with E-state index in [0.29, 0.717) is 12.8 Å². The van der Waals surface area contributed by atoms with Gasteiger partial charge in [0.15, 0.2) is 0 Å². The number of carbonyl (C=O) groups is 1. The lowest BCUT2D eigenvalue weighted by Crippen LogP contribution is -2.39. The molecule has 1 aliphatic heterocycles. The smallest absolute Gasteiger partial charge is 0.248 e. The van der Waals surface area contributed by atoms with Gasteiger partial charge >= 0.3 is 0 Å². The molecular weight excluding hydrogens is 297 g/mol. The van der Waals surface area contributed by atoms with Gasteiger partial charge in [-0.1, -0.05) is 6.07 Å². The van der Waals surface area contributed by atoms with Crippen molar-refractivity contribution in [2.45, 2.75) is 24.2 Å². The fourth-order valence-corrected chi connectivity index (χ4v) is 4.20. The van der Waals surface area contributed by atoms with E-state index in [9.17, 15) is 17.6 Å². The minimum Gasteiger partial charge on any atom is -0.398 e. The van der Waals surface area contributed by atoms with E-state index in [2.05, 4.69) is 0 Å². The van der Waals surface area contributed by atoms with Gasteiger partial charge in [-0.05, 0) is 30.9 Å². The molecule has 116 valence electrons. The molecule has 0 aliphatic carbocycles. The van der Waals surface area contributed by atoms with Crippen LogP contribution in [0.15, 0.2) is 23.1 Å². The summed E-state index contributed by atoms with van der Waals surface area (Å²) in [5.74, 6) is -1.17. The maximum Gasteiger partial charge on any atom is 0.248 e. The van der Waals surface area contributed by atoms with E-state index in [0.717, 1.165) is 6.07 Å². The molecule has 1 fully saturated rings. The average molecular weight is 315 g/mol. The van der Waals surface area contributed by atoms with Crippen LogP contribution in [0.3, 0.4) is 0 Å². The summed E-state index contributed by atoms with van der Waals surface area (Å²) in [6.07, 6.45) is 1.29. The molecule has 4 N–H and O–H groups in total. The zero-order valence-corrected chi connectivity index (χ0v) is 12.3. The van der Waals surface area contributed by atoms with Gasteiger partial charge < -0.3 is 11.5 Å². The van der Waals surface area contributed by atoms with Crippen LogP contribution >= 0.6 is 0 Å². The van der Waals surface area contributed by atoms with Crippen LogP contribution in [0.5, 0.6) is 0 Å². The van der Waals surface area contributed by atoms with Crippen molar-refractivity contribution in [3.8, 4) is 0 Å². The van der Waals surface area contributed by atoms with Gasteiger partial charge in [-0.3, -0.25) is 4.79 Å². The van der Waals surface area contributed by atoms with Crippen LogP contribution in [0.1, 0.15) is 19.3 Å². The number of rotatable bonds is 4. The van der Waals surface area contributed by atoms with Crippen molar-refractivity contribution in [1.82, 2.24) is 4.31 Å².